The molecule has 6 nitrogen and oxygen atoms in total. The van der Waals surface area contributed by atoms with E-state index in [0.29, 0.717) is 10.7 Å². The summed E-state index contributed by atoms with van der Waals surface area (Å²) in [6, 6.07) is 18.4. The highest BCUT2D eigenvalue weighted by atomic mass is 32.1. The third-order valence-corrected chi connectivity index (χ3v) is 5.96. The number of rotatable bonds is 6. The summed E-state index contributed by atoms with van der Waals surface area (Å²) < 4.78 is 5.19. The van der Waals surface area contributed by atoms with Gasteiger partial charge in [-0.2, -0.15) is 0 Å². The lowest BCUT2D eigenvalue weighted by Crippen LogP contribution is -2.27. The summed E-state index contributed by atoms with van der Waals surface area (Å²) in [6.07, 6.45) is 0.0532. The first-order chi connectivity index (χ1) is 14.5. The Balaban J connectivity index is 1.41. The molecule has 1 aromatic heterocycles. The summed E-state index contributed by atoms with van der Waals surface area (Å²) >= 11 is 1.43. The number of aromatic nitrogens is 1. The van der Waals surface area contributed by atoms with Crippen LogP contribution in [0.5, 0.6) is 0 Å². The SMILES string of the molecule is Cc1sc(N2C[C@H](C(=O)OCC(=O)c3ccccc3)CC2=O)nc1-c1ccccc1. The molecular weight excluding hydrogens is 400 g/mol. The number of thiazole rings is 1. The second kappa shape index (κ2) is 8.59. The molecule has 2 heterocycles. The van der Waals surface area contributed by atoms with E-state index in [1.54, 1.807) is 24.3 Å². The Morgan fingerprint density at radius 3 is 2.47 bits per heavy atom. The van der Waals surface area contributed by atoms with E-state index in [1.807, 2.05) is 43.3 Å². The van der Waals surface area contributed by atoms with Crippen LogP contribution >= 0.6 is 11.3 Å². The molecular formula is C23H20N2O4S. The first-order valence-corrected chi connectivity index (χ1v) is 10.4. The van der Waals surface area contributed by atoms with Crippen molar-refractivity contribution in [2.24, 2.45) is 5.92 Å². The molecule has 1 amide bonds. The Hall–Kier alpha value is -3.32. The lowest BCUT2D eigenvalue weighted by atomic mass is 10.1. The van der Waals surface area contributed by atoms with Gasteiger partial charge >= 0.3 is 5.97 Å². The molecule has 1 saturated heterocycles. The highest BCUT2D eigenvalue weighted by molar-refractivity contribution is 7.16. The number of anilines is 1. The molecule has 0 radical (unpaired) electrons. The van der Waals surface area contributed by atoms with Gasteiger partial charge in [-0.25, -0.2) is 4.98 Å². The molecule has 0 aliphatic carbocycles. The van der Waals surface area contributed by atoms with Gasteiger partial charge in [0, 0.05) is 29.0 Å². The first kappa shape index (κ1) is 20.0. The van der Waals surface area contributed by atoms with Gasteiger partial charge in [0.05, 0.1) is 11.6 Å². The van der Waals surface area contributed by atoms with Crippen molar-refractivity contribution in [3.63, 3.8) is 0 Å². The van der Waals surface area contributed by atoms with Crippen molar-refractivity contribution in [1.29, 1.82) is 0 Å². The summed E-state index contributed by atoms with van der Waals surface area (Å²) in [5.74, 6) is -1.58. The van der Waals surface area contributed by atoms with Gasteiger partial charge in [-0.3, -0.25) is 19.3 Å². The zero-order chi connectivity index (χ0) is 21.1. The number of hydrogen-bond acceptors (Lipinski definition) is 6. The van der Waals surface area contributed by atoms with E-state index >= 15 is 0 Å². The van der Waals surface area contributed by atoms with E-state index in [2.05, 4.69) is 4.98 Å². The molecule has 4 rings (SSSR count). The average molecular weight is 420 g/mol. The summed E-state index contributed by atoms with van der Waals surface area (Å²) in [6.45, 7) is 1.84. The van der Waals surface area contributed by atoms with Crippen LogP contribution in [0, 0.1) is 12.8 Å². The van der Waals surface area contributed by atoms with Crippen molar-refractivity contribution < 1.29 is 19.1 Å². The Morgan fingerprint density at radius 1 is 1.10 bits per heavy atom. The summed E-state index contributed by atoms with van der Waals surface area (Å²) in [4.78, 5) is 44.3. The molecule has 3 aromatic rings. The Kier molecular flexibility index (Phi) is 5.72. The number of ether oxygens (including phenoxy) is 1. The number of hydrogen-bond donors (Lipinski definition) is 0. The lowest BCUT2D eigenvalue weighted by Gasteiger charge is -2.12. The molecule has 1 aliphatic rings. The van der Waals surface area contributed by atoms with Crippen LogP contribution in [0.25, 0.3) is 11.3 Å². The Bertz CT molecular complexity index is 1080. The van der Waals surface area contributed by atoms with Gasteiger partial charge in [0.25, 0.3) is 0 Å². The standard InChI is InChI=1S/C23H20N2O4S/c1-15-21(17-10-6-3-7-11-17)24-23(30-15)25-13-18(12-20(25)27)22(28)29-14-19(26)16-8-4-2-5-9-16/h2-11,18H,12-14H2,1H3/t18-/m1/s1. The number of esters is 1. The van der Waals surface area contributed by atoms with Crippen LogP contribution in [0.15, 0.2) is 60.7 Å². The van der Waals surface area contributed by atoms with E-state index < -0.39 is 11.9 Å². The van der Waals surface area contributed by atoms with Gasteiger partial charge in [0.15, 0.2) is 17.5 Å². The van der Waals surface area contributed by atoms with Crippen LogP contribution in [0.1, 0.15) is 21.7 Å². The van der Waals surface area contributed by atoms with E-state index in [1.165, 1.54) is 16.2 Å². The second-order valence-corrected chi connectivity index (χ2v) is 8.25. The average Bonchev–Trinajstić information content (AvgIpc) is 3.35. The number of carbonyl (C=O) groups is 3. The van der Waals surface area contributed by atoms with Crippen molar-refractivity contribution in [3.8, 4) is 11.3 Å². The van der Waals surface area contributed by atoms with E-state index in [-0.39, 0.29) is 31.3 Å². The maximum Gasteiger partial charge on any atom is 0.311 e. The minimum absolute atomic E-state index is 0.0532. The van der Waals surface area contributed by atoms with E-state index in [0.717, 1.165) is 16.1 Å². The molecule has 152 valence electrons. The van der Waals surface area contributed by atoms with Gasteiger partial charge in [-0.1, -0.05) is 60.7 Å². The molecule has 7 heteroatoms. The number of aryl methyl sites for hydroxylation is 1. The second-order valence-electron chi connectivity index (χ2n) is 7.07. The number of Topliss-reactive ketones (excluding diaryl/α,β-unsaturated/α-hetero) is 1. The molecule has 30 heavy (non-hydrogen) atoms. The highest BCUT2D eigenvalue weighted by Crippen LogP contribution is 2.35. The van der Waals surface area contributed by atoms with Crippen molar-refractivity contribution in [1.82, 2.24) is 4.98 Å². The number of amides is 1. The van der Waals surface area contributed by atoms with Crippen LogP contribution in [0.4, 0.5) is 5.13 Å². The maximum atomic E-state index is 12.5. The van der Waals surface area contributed by atoms with Crippen LogP contribution in [-0.4, -0.2) is 35.8 Å². The minimum atomic E-state index is -0.606. The number of benzene rings is 2. The van der Waals surface area contributed by atoms with Gasteiger partial charge in [-0.15, -0.1) is 11.3 Å². The van der Waals surface area contributed by atoms with Crippen molar-refractivity contribution >= 4 is 34.1 Å². The van der Waals surface area contributed by atoms with Crippen LogP contribution < -0.4 is 4.90 Å². The molecule has 0 unspecified atom stereocenters. The Labute approximate surface area is 178 Å². The van der Waals surface area contributed by atoms with Gasteiger partial charge in [0.1, 0.15) is 0 Å². The fourth-order valence-corrected chi connectivity index (χ4v) is 4.33. The number of carbonyl (C=O) groups excluding carboxylic acids is 3. The fraction of sp³-hybridized carbons (Fsp3) is 0.217. The Morgan fingerprint density at radius 2 is 1.77 bits per heavy atom. The zero-order valence-corrected chi connectivity index (χ0v) is 17.2. The third kappa shape index (κ3) is 4.16. The molecule has 1 aliphatic heterocycles. The zero-order valence-electron chi connectivity index (χ0n) is 16.4. The summed E-state index contributed by atoms with van der Waals surface area (Å²) in [7, 11) is 0. The van der Waals surface area contributed by atoms with Crippen LogP contribution in [0.3, 0.4) is 0 Å². The quantitative estimate of drug-likeness (QED) is 0.447. The predicted octanol–water partition coefficient (Wildman–Crippen LogP) is 3.90. The topological polar surface area (TPSA) is 76.6 Å². The predicted molar refractivity (Wildman–Crippen MR) is 114 cm³/mol. The summed E-state index contributed by atoms with van der Waals surface area (Å²) in [5.41, 5.74) is 2.31. The van der Waals surface area contributed by atoms with Gasteiger partial charge in [0.2, 0.25) is 5.91 Å². The highest BCUT2D eigenvalue weighted by Gasteiger charge is 2.38. The fourth-order valence-electron chi connectivity index (χ4n) is 3.37. The lowest BCUT2D eigenvalue weighted by molar-refractivity contribution is -0.147. The molecule has 1 fully saturated rings. The summed E-state index contributed by atoms with van der Waals surface area (Å²) in [5, 5.41) is 0.576. The van der Waals surface area contributed by atoms with Crippen LogP contribution in [-0.2, 0) is 14.3 Å². The molecule has 0 N–H and O–H groups in total. The van der Waals surface area contributed by atoms with Crippen LogP contribution in [0.2, 0.25) is 0 Å². The molecule has 1 atom stereocenters. The van der Waals surface area contributed by atoms with Gasteiger partial charge in [-0.05, 0) is 6.92 Å². The molecule has 2 aromatic carbocycles. The van der Waals surface area contributed by atoms with Crippen molar-refractivity contribution in [3.05, 3.63) is 71.1 Å². The maximum absolute atomic E-state index is 12.5. The monoisotopic (exact) mass is 420 g/mol. The molecule has 0 saturated carbocycles. The first-order valence-electron chi connectivity index (χ1n) is 9.61. The minimum Gasteiger partial charge on any atom is -0.457 e. The smallest absolute Gasteiger partial charge is 0.311 e. The van der Waals surface area contributed by atoms with Gasteiger partial charge < -0.3 is 4.74 Å². The van der Waals surface area contributed by atoms with Crippen molar-refractivity contribution in [2.75, 3.05) is 18.1 Å². The largest absolute Gasteiger partial charge is 0.457 e. The normalized spacial score (nSPS) is 16.0. The van der Waals surface area contributed by atoms with E-state index in [4.69, 9.17) is 4.74 Å². The molecule has 0 bridgehead atoms. The number of ketones is 1. The van der Waals surface area contributed by atoms with Crippen molar-refractivity contribution in [2.45, 2.75) is 13.3 Å². The van der Waals surface area contributed by atoms with E-state index in [9.17, 15) is 14.4 Å². The molecule has 0 spiro atoms. The third-order valence-electron chi connectivity index (χ3n) is 4.96. The number of nitrogens with zero attached hydrogens (tertiary/aromatic N) is 2.